The molecule has 1 nitrogen and oxygen atoms in total. The molecule has 6 rings (SSSR count). The van der Waals surface area contributed by atoms with Crippen LogP contribution in [0.5, 0.6) is 0 Å². The van der Waals surface area contributed by atoms with E-state index in [1.807, 2.05) is 0 Å². The Labute approximate surface area is 244 Å². The van der Waals surface area contributed by atoms with Gasteiger partial charge in [0.15, 0.2) is 0 Å². The molecule has 0 saturated carbocycles. The molecule has 1 aliphatic carbocycles. The Morgan fingerprint density at radius 3 is 1.44 bits per heavy atom. The lowest BCUT2D eigenvalue weighted by Crippen LogP contribution is -2.43. The van der Waals surface area contributed by atoms with Crippen molar-refractivity contribution in [2.75, 3.05) is 13.7 Å². The van der Waals surface area contributed by atoms with Crippen LogP contribution >= 0.6 is 0 Å². The minimum atomic E-state index is -0.433. The molecule has 0 spiro atoms. The van der Waals surface area contributed by atoms with E-state index in [0.717, 1.165) is 6.42 Å². The topological polar surface area (TPSA) is 9.23 Å². The van der Waals surface area contributed by atoms with Crippen LogP contribution in [-0.4, -0.2) is 13.7 Å². The van der Waals surface area contributed by atoms with Gasteiger partial charge in [0.25, 0.3) is 0 Å². The summed E-state index contributed by atoms with van der Waals surface area (Å²) in [6.45, 7) is 4.97. The zero-order valence-corrected chi connectivity index (χ0v) is 24.1. The van der Waals surface area contributed by atoms with Gasteiger partial charge in [0.05, 0.1) is 5.41 Å². The summed E-state index contributed by atoms with van der Waals surface area (Å²) >= 11 is 0. The van der Waals surface area contributed by atoms with Crippen LogP contribution in [0.25, 0.3) is 11.1 Å². The van der Waals surface area contributed by atoms with E-state index in [2.05, 4.69) is 153 Å². The molecule has 41 heavy (non-hydrogen) atoms. The van der Waals surface area contributed by atoms with Crippen LogP contribution in [0.4, 0.5) is 0 Å². The fourth-order valence-electron chi connectivity index (χ4n) is 6.44. The zero-order valence-electron chi connectivity index (χ0n) is 24.1. The first-order valence-electron chi connectivity index (χ1n) is 14.4. The number of hydrogen-bond donors (Lipinski definition) is 0. The van der Waals surface area contributed by atoms with Gasteiger partial charge >= 0.3 is 0 Å². The van der Waals surface area contributed by atoms with Crippen molar-refractivity contribution in [1.82, 2.24) is 0 Å². The van der Waals surface area contributed by atoms with Crippen molar-refractivity contribution < 1.29 is 4.74 Å². The zero-order chi connectivity index (χ0) is 28.2. The first-order valence-corrected chi connectivity index (χ1v) is 14.4. The normalized spacial score (nSPS) is 14.1. The van der Waals surface area contributed by atoms with E-state index >= 15 is 0 Å². The summed E-state index contributed by atoms with van der Waals surface area (Å²) in [5.74, 6) is 0. The highest BCUT2D eigenvalue weighted by molar-refractivity contribution is 6.07. The van der Waals surface area contributed by atoms with Gasteiger partial charge < -0.3 is 4.74 Å². The Kier molecular flexibility index (Phi) is 7.55. The molecule has 1 aliphatic rings. The molecule has 0 N–H and O–H groups in total. The van der Waals surface area contributed by atoms with Crippen LogP contribution in [0, 0.1) is 13.8 Å². The first kappa shape index (κ1) is 26.7. The van der Waals surface area contributed by atoms with Crippen molar-refractivity contribution in [3.63, 3.8) is 0 Å². The molecule has 1 heteroatoms. The van der Waals surface area contributed by atoms with Crippen LogP contribution in [0.15, 0.2) is 151 Å². The molecule has 0 amide bonds. The fourth-order valence-corrected chi connectivity index (χ4v) is 6.44. The number of methoxy groups -OCH3 is 1. The van der Waals surface area contributed by atoms with Gasteiger partial charge in [-0.3, -0.25) is 0 Å². The maximum absolute atomic E-state index is 5.74. The molecule has 5 aromatic rings. The van der Waals surface area contributed by atoms with E-state index in [4.69, 9.17) is 4.74 Å². The smallest absolute Gasteiger partial charge is 0.0683 e. The number of hydrogen-bond acceptors (Lipinski definition) is 1. The fraction of sp³-hybridized carbons (Fsp3) is 0.150. The second-order valence-corrected chi connectivity index (χ2v) is 10.9. The lowest BCUT2D eigenvalue weighted by atomic mass is 9.50. The third-order valence-electron chi connectivity index (χ3n) is 8.34. The summed E-state index contributed by atoms with van der Waals surface area (Å²) in [5, 5.41) is 0. The molecule has 0 unspecified atom stereocenters. The molecule has 0 atom stereocenters. The van der Waals surface area contributed by atoms with Gasteiger partial charge in [-0.25, -0.2) is 0 Å². The third-order valence-corrected chi connectivity index (χ3v) is 8.34. The maximum atomic E-state index is 5.74. The monoisotopic (exact) mass is 532 g/mol. The lowest BCUT2D eigenvalue weighted by molar-refractivity contribution is 0.199. The minimum absolute atomic E-state index is 0.433. The van der Waals surface area contributed by atoms with E-state index in [9.17, 15) is 0 Å². The molecular formula is C40H36O. The van der Waals surface area contributed by atoms with Crippen LogP contribution in [0.1, 0.15) is 45.4 Å². The molecule has 0 heterocycles. The van der Waals surface area contributed by atoms with E-state index in [0.29, 0.717) is 6.61 Å². The van der Waals surface area contributed by atoms with Crippen molar-refractivity contribution in [2.45, 2.75) is 25.7 Å². The predicted molar refractivity (Wildman–Crippen MR) is 172 cm³/mol. The Hall–Kier alpha value is -4.46. The van der Waals surface area contributed by atoms with E-state index in [1.54, 1.807) is 7.11 Å². The van der Waals surface area contributed by atoms with Gasteiger partial charge in [-0.1, -0.05) is 151 Å². The van der Waals surface area contributed by atoms with Crippen molar-refractivity contribution in [3.8, 4) is 0 Å². The SMILES string of the molecule is COCCC1=C(c2ccccc2)C(=C(c2ccc(C)cc2)c2ccc(C)cc2)C1(c1ccccc1)c1ccccc1. The van der Waals surface area contributed by atoms with Crippen LogP contribution in [0.3, 0.4) is 0 Å². The molecule has 0 aromatic heterocycles. The molecule has 0 bridgehead atoms. The van der Waals surface area contributed by atoms with Gasteiger partial charge in [-0.05, 0) is 70.4 Å². The van der Waals surface area contributed by atoms with E-state index in [-0.39, 0.29) is 0 Å². The van der Waals surface area contributed by atoms with Gasteiger partial charge in [-0.2, -0.15) is 0 Å². The quantitative estimate of drug-likeness (QED) is 0.193. The van der Waals surface area contributed by atoms with E-state index in [1.165, 1.54) is 61.2 Å². The molecule has 202 valence electrons. The highest BCUT2D eigenvalue weighted by atomic mass is 16.5. The Bertz CT molecular complexity index is 1590. The maximum Gasteiger partial charge on any atom is 0.0683 e. The first-order chi connectivity index (χ1) is 20.1. The van der Waals surface area contributed by atoms with Gasteiger partial charge in [0, 0.05) is 13.7 Å². The highest BCUT2D eigenvalue weighted by Gasteiger charge is 2.53. The number of ether oxygens (including phenoxy) is 1. The van der Waals surface area contributed by atoms with Crippen LogP contribution in [0.2, 0.25) is 0 Å². The number of benzene rings is 5. The van der Waals surface area contributed by atoms with Crippen molar-refractivity contribution in [3.05, 3.63) is 190 Å². The second kappa shape index (κ2) is 11.6. The summed E-state index contributed by atoms with van der Waals surface area (Å²) in [7, 11) is 1.80. The van der Waals surface area contributed by atoms with Crippen molar-refractivity contribution in [2.24, 2.45) is 0 Å². The largest absolute Gasteiger partial charge is 0.384 e. The minimum Gasteiger partial charge on any atom is -0.384 e. The number of allylic oxidation sites excluding steroid dienone is 2. The summed E-state index contributed by atoms with van der Waals surface area (Å²) in [6, 6.07) is 51.1. The lowest BCUT2D eigenvalue weighted by Gasteiger charge is -2.51. The highest BCUT2D eigenvalue weighted by Crippen LogP contribution is 2.64. The summed E-state index contributed by atoms with van der Waals surface area (Å²) in [4.78, 5) is 0. The Morgan fingerprint density at radius 1 is 0.561 bits per heavy atom. The number of rotatable bonds is 8. The Balaban J connectivity index is 1.82. The standard InChI is InChI=1S/C40H36O/c1-29-19-23-32(24-20-29)37(33-25-21-30(2)22-26-33)39-38(31-13-7-4-8-14-31)36(27-28-41-3)40(39,34-15-9-5-10-16-34)35-17-11-6-12-18-35/h4-26H,27-28H2,1-3H3. The Morgan fingerprint density at radius 2 is 1.00 bits per heavy atom. The van der Waals surface area contributed by atoms with Gasteiger partial charge in [0.1, 0.15) is 0 Å². The van der Waals surface area contributed by atoms with Crippen molar-refractivity contribution >= 4 is 11.1 Å². The molecular weight excluding hydrogens is 496 g/mol. The molecule has 0 fully saturated rings. The molecule has 0 aliphatic heterocycles. The van der Waals surface area contributed by atoms with Gasteiger partial charge in [-0.15, -0.1) is 0 Å². The van der Waals surface area contributed by atoms with Crippen LogP contribution < -0.4 is 0 Å². The van der Waals surface area contributed by atoms with Crippen molar-refractivity contribution in [1.29, 1.82) is 0 Å². The summed E-state index contributed by atoms with van der Waals surface area (Å²) in [5.41, 5.74) is 13.7. The van der Waals surface area contributed by atoms with Crippen LogP contribution in [-0.2, 0) is 10.2 Å². The van der Waals surface area contributed by atoms with E-state index < -0.39 is 5.41 Å². The third kappa shape index (κ3) is 4.77. The molecule has 5 aromatic carbocycles. The summed E-state index contributed by atoms with van der Waals surface area (Å²) in [6.07, 6.45) is 0.836. The van der Waals surface area contributed by atoms with Gasteiger partial charge in [0.2, 0.25) is 0 Å². The summed E-state index contributed by atoms with van der Waals surface area (Å²) < 4.78 is 5.74. The molecule has 0 radical (unpaired) electrons. The average Bonchev–Trinajstić information content (AvgIpc) is 3.02. The number of aryl methyl sites for hydroxylation is 2. The predicted octanol–water partition coefficient (Wildman–Crippen LogP) is 9.60. The second-order valence-electron chi connectivity index (χ2n) is 10.9. The molecule has 0 saturated heterocycles. The average molecular weight is 533 g/mol.